The van der Waals surface area contributed by atoms with E-state index in [0.717, 1.165) is 43.4 Å². The Morgan fingerprint density at radius 3 is 2.85 bits per heavy atom. The van der Waals surface area contributed by atoms with Crippen LogP contribution in [0.5, 0.6) is 0 Å². The molecule has 0 fully saturated rings. The molecule has 4 rings (SSSR count). The number of aromatic nitrogens is 6. The Morgan fingerprint density at radius 1 is 1.15 bits per heavy atom. The van der Waals surface area contributed by atoms with E-state index in [9.17, 15) is 0 Å². The van der Waals surface area contributed by atoms with Gasteiger partial charge in [0.2, 0.25) is 0 Å². The van der Waals surface area contributed by atoms with E-state index in [-0.39, 0.29) is 0 Å². The Bertz CT molecular complexity index is 883. The molecule has 2 N–H and O–H groups in total. The summed E-state index contributed by atoms with van der Waals surface area (Å²) in [6.45, 7) is 3.13. The maximum absolute atomic E-state index is 6.25. The number of hydrogen-bond donors (Lipinski definition) is 2. The molecule has 0 spiro atoms. The Balaban J connectivity index is 1.41. The number of fused-ring (bicyclic) bond motifs is 1. The summed E-state index contributed by atoms with van der Waals surface area (Å²) in [5.41, 5.74) is 2.02. The average molecular weight is 393 g/mol. The number of tetrazole rings is 1. The second kappa shape index (κ2) is 7.61. The van der Waals surface area contributed by atoms with Gasteiger partial charge in [-0.25, -0.2) is 9.67 Å². The molecular weight excluding hydrogens is 375 g/mol. The van der Waals surface area contributed by atoms with E-state index in [1.165, 1.54) is 5.69 Å². The number of aryl methyl sites for hydroxylation is 2. The maximum Gasteiger partial charge on any atom is 0.155 e. The fourth-order valence-corrected chi connectivity index (χ4v) is 3.57. The van der Waals surface area contributed by atoms with Crippen molar-refractivity contribution in [2.45, 2.75) is 32.5 Å². The molecular formula is C16H18Cl2N8. The number of hydrogen-bond acceptors (Lipinski definition) is 6. The van der Waals surface area contributed by atoms with E-state index >= 15 is 0 Å². The van der Waals surface area contributed by atoms with Crippen LogP contribution in [0.2, 0.25) is 10.0 Å². The van der Waals surface area contributed by atoms with E-state index in [1.807, 2.05) is 24.5 Å². The van der Waals surface area contributed by atoms with Crippen molar-refractivity contribution < 1.29 is 0 Å². The zero-order valence-corrected chi connectivity index (χ0v) is 15.5. The molecule has 3 heterocycles. The molecule has 1 aliphatic heterocycles. The zero-order chi connectivity index (χ0) is 17.9. The van der Waals surface area contributed by atoms with Crippen molar-refractivity contribution in [3.05, 3.63) is 51.7 Å². The van der Waals surface area contributed by atoms with Crippen LogP contribution in [0, 0.1) is 0 Å². The van der Waals surface area contributed by atoms with Crippen molar-refractivity contribution in [3.63, 3.8) is 0 Å². The minimum Gasteiger partial charge on any atom is -0.356 e. The molecule has 0 atom stereocenters. The van der Waals surface area contributed by atoms with Gasteiger partial charge in [0, 0.05) is 36.1 Å². The van der Waals surface area contributed by atoms with Crippen LogP contribution in [0.25, 0.3) is 0 Å². The molecule has 26 heavy (non-hydrogen) atoms. The van der Waals surface area contributed by atoms with Gasteiger partial charge in [-0.3, -0.25) is 5.32 Å². The first-order chi connectivity index (χ1) is 12.7. The predicted molar refractivity (Wildman–Crippen MR) is 99.3 cm³/mol. The number of rotatable bonds is 6. The van der Waals surface area contributed by atoms with Crippen LogP contribution in [-0.2, 0) is 26.1 Å². The molecule has 0 amide bonds. The van der Waals surface area contributed by atoms with Crippen LogP contribution in [0.4, 0.5) is 5.82 Å². The first kappa shape index (κ1) is 17.3. The molecule has 10 heteroatoms. The third-order valence-electron chi connectivity index (χ3n) is 4.39. The molecule has 8 nitrogen and oxygen atoms in total. The normalized spacial score (nSPS) is 13.5. The lowest BCUT2D eigenvalue weighted by molar-refractivity contribution is 0.492. The SMILES string of the molecule is Clc1cccc(Cl)c1Cc1nnnn1CCCn1cnc2c1CNCN2. The summed E-state index contributed by atoms with van der Waals surface area (Å²) in [5.74, 6) is 1.70. The van der Waals surface area contributed by atoms with Crippen LogP contribution in [0.1, 0.15) is 23.5 Å². The summed E-state index contributed by atoms with van der Waals surface area (Å²) in [5, 5.41) is 19.8. The molecule has 2 aromatic heterocycles. The van der Waals surface area contributed by atoms with E-state index < -0.39 is 0 Å². The highest BCUT2D eigenvalue weighted by atomic mass is 35.5. The summed E-state index contributed by atoms with van der Waals surface area (Å²) in [4.78, 5) is 4.40. The van der Waals surface area contributed by atoms with Crippen LogP contribution in [0.15, 0.2) is 24.5 Å². The summed E-state index contributed by atoms with van der Waals surface area (Å²) in [6.07, 6.45) is 3.26. The summed E-state index contributed by atoms with van der Waals surface area (Å²) < 4.78 is 3.96. The second-order valence-corrected chi connectivity index (χ2v) is 6.88. The molecule has 0 aliphatic carbocycles. The largest absolute Gasteiger partial charge is 0.356 e. The average Bonchev–Trinajstić information content (AvgIpc) is 3.26. The molecule has 3 aromatic rings. The number of benzene rings is 1. The van der Waals surface area contributed by atoms with E-state index in [0.29, 0.717) is 23.0 Å². The second-order valence-electron chi connectivity index (χ2n) is 6.06. The van der Waals surface area contributed by atoms with E-state index in [4.69, 9.17) is 23.2 Å². The standard InChI is InChI=1S/C16H18Cl2N8/c17-12-3-1-4-13(18)11(12)7-15-22-23-24-26(15)6-2-5-25-10-21-16-14(25)8-19-9-20-16/h1,3-4,10,19-20H,2,5-9H2. The Kier molecular flexibility index (Phi) is 5.05. The first-order valence-corrected chi connectivity index (χ1v) is 9.14. The molecule has 0 radical (unpaired) electrons. The Labute approximate surface area is 160 Å². The Morgan fingerprint density at radius 2 is 2.00 bits per heavy atom. The summed E-state index contributed by atoms with van der Waals surface area (Å²) >= 11 is 12.5. The molecule has 1 aromatic carbocycles. The minimum absolute atomic E-state index is 0.500. The van der Waals surface area contributed by atoms with Crippen molar-refractivity contribution in [2.75, 3.05) is 12.0 Å². The highest BCUT2D eigenvalue weighted by Crippen LogP contribution is 2.26. The van der Waals surface area contributed by atoms with Gasteiger partial charge in [0.15, 0.2) is 5.82 Å². The lowest BCUT2D eigenvalue weighted by atomic mass is 10.1. The van der Waals surface area contributed by atoms with Gasteiger partial charge in [-0.05, 0) is 34.5 Å². The fraction of sp³-hybridized carbons (Fsp3) is 0.375. The quantitative estimate of drug-likeness (QED) is 0.669. The lowest BCUT2D eigenvalue weighted by Crippen LogP contribution is -2.28. The van der Waals surface area contributed by atoms with Gasteiger partial charge in [0.05, 0.1) is 18.7 Å². The Hall–Kier alpha value is -2.16. The molecule has 136 valence electrons. The number of imidazole rings is 1. The molecule has 1 aliphatic rings. The van der Waals surface area contributed by atoms with Crippen molar-refractivity contribution in [1.82, 2.24) is 35.1 Å². The molecule has 0 unspecified atom stereocenters. The van der Waals surface area contributed by atoms with Gasteiger partial charge in [-0.1, -0.05) is 29.3 Å². The van der Waals surface area contributed by atoms with Crippen molar-refractivity contribution in [1.29, 1.82) is 0 Å². The van der Waals surface area contributed by atoms with Gasteiger partial charge < -0.3 is 9.88 Å². The lowest BCUT2D eigenvalue weighted by Gasteiger charge is -2.16. The summed E-state index contributed by atoms with van der Waals surface area (Å²) in [6, 6.07) is 5.47. The van der Waals surface area contributed by atoms with Crippen molar-refractivity contribution in [3.8, 4) is 0 Å². The number of anilines is 1. The van der Waals surface area contributed by atoms with Gasteiger partial charge >= 0.3 is 0 Å². The fourth-order valence-electron chi connectivity index (χ4n) is 3.03. The van der Waals surface area contributed by atoms with Gasteiger partial charge in [0.1, 0.15) is 5.82 Å². The van der Waals surface area contributed by atoms with Gasteiger partial charge in [-0.15, -0.1) is 5.10 Å². The third kappa shape index (κ3) is 3.53. The highest BCUT2D eigenvalue weighted by molar-refractivity contribution is 6.36. The van der Waals surface area contributed by atoms with Crippen LogP contribution in [0.3, 0.4) is 0 Å². The number of halogens is 2. The van der Waals surface area contributed by atoms with Gasteiger partial charge in [-0.2, -0.15) is 0 Å². The van der Waals surface area contributed by atoms with Crippen LogP contribution >= 0.6 is 23.2 Å². The molecule has 0 saturated carbocycles. The number of nitrogens with one attached hydrogen (secondary N) is 2. The van der Waals surface area contributed by atoms with Crippen molar-refractivity contribution in [2.24, 2.45) is 0 Å². The predicted octanol–water partition coefficient (Wildman–Crippen LogP) is 2.33. The van der Waals surface area contributed by atoms with Crippen LogP contribution in [-0.4, -0.2) is 36.4 Å². The zero-order valence-electron chi connectivity index (χ0n) is 14.0. The van der Waals surface area contributed by atoms with Crippen LogP contribution < -0.4 is 10.6 Å². The third-order valence-corrected chi connectivity index (χ3v) is 5.10. The molecule has 0 saturated heterocycles. The smallest absolute Gasteiger partial charge is 0.155 e. The first-order valence-electron chi connectivity index (χ1n) is 8.39. The maximum atomic E-state index is 6.25. The van der Waals surface area contributed by atoms with Crippen molar-refractivity contribution >= 4 is 29.0 Å². The monoisotopic (exact) mass is 392 g/mol. The summed E-state index contributed by atoms with van der Waals surface area (Å²) in [7, 11) is 0. The molecule has 0 bridgehead atoms. The highest BCUT2D eigenvalue weighted by Gasteiger charge is 2.15. The van der Waals surface area contributed by atoms with E-state index in [2.05, 4.69) is 35.7 Å². The number of nitrogens with zero attached hydrogens (tertiary/aromatic N) is 6. The van der Waals surface area contributed by atoms with Gasteiger partial charge in [0.25, 0.3) is 0 Å². The topological polar surface area (TPSA) is 85.5 Å². The van der Waals surface area contributed by atoms with E-state index in [1.54, 1.807) is 4.68 Å². The minimum atomic E-state index is 0.500.